The van der Waals surface area contributed by atoms with Crippen molar-refractivity contribution in [2.75, 3.05) is 13.1 Å². The fourth-order valence-corrected chi connectivity index (χ4v) is 3.14. The maximum Gasteiger partial charge on any atom is 0.317 e. The molecule has 2 aliphatic carbocycles. The molecule has 0 aromatic heterocycles. The zero-order valence-electron chi connectivity index (χ0n) is 11.6. The molecule has 104 valence electrons. The van der Waals surface area contributed by atoms with Gasteiger partial charge in [0, 0.05) is 18.1 Å². The van der Waals surface area contributed by atoms with Crippen molar-refractivity contribution in [2.24, 2.45) is 5.92 Å². The van der Waals surface area contributed by atoms with E-state index in [0.717, 1.165) is 25.3 Å². The van der Waals surface area contributed by atoms with E-state index in [1.165, 1.54) is 19.3 Å². The summed E-state index contributed by atoms with van der Waals surface area (Å²) in [5.41, 5.74) is 0. The molecule has 0 aromatic carbocycles. The van der Waals surface area contributed by atoms with Gasteiger partial charge >= 0.3 is 5.97 Å². The van der Waals surface area contributed by atoms with Crippen LogP contribution in [0.5, 0.6) is 0 Å². The number of carboxylic acid groups (broad SMARTS) is 1. The van der Waals surface area contributed by atoms with Crippen LogP contribution in [0.2, 0.25) is 0 Å². The summed E-state index contributed by atoms with van der Waals surface area (Å²) >= 11 is 0. The first-order chi connectivity index (χ1) is 8.60. The lowest BCUT2D eigenvalue weighted by atomic mass is 9.78. The first-order valence-electron chi connectivity index (χ1n) is 7.32. The minimum atomic E-state index is -0.712. The van der Waals surface area contributed by atoms with Gasteiger partial charge in [0.05, 0.1) is 6.54 Å². The topological polar surface area (TPSA) is 52.6 Å². The predicted octanol–water partition coefficient (Wildman–Crippen LogP) is 1.70. The molecule has 1 atom stereocenters. The molecule has 0 spiro atoms. The lowest BCUT2D eigenvalue weighted by molar-refractivity contribution is -0.139. The molecule has 2 aliphatic rings. The summed E-state index contributed by atoms with van der Waals surface area (Å²) in [6.07, 6.45) is 6.37. The fourth-order valence-electron chi connectivity index (χ4n) is 3.14. The van der Waals surface area contributed by atoms with Gasteiger partial charge in [-0.1, -0.05) is 13.3 Å². The number of likely N-dealkylation sites (N-methyl/N-ethyl adjacent to an activating group) is 1. The molecule has 0 aromatic rings. The monoisotopic (exact) mass is 254 g/mol. The maximum absolute atomic E-state index is 10.8. The van der Waals surface area contributed by atoms with Gasteiger partial charge in [0.2, 0.25) is 0 Å². The average molecular weight is 254 g/mol. The summed E-state index contributed by atoms with van der Waals surface area (Å²) in [7, 11) is 0. The molecule has 0 heterocycles. The van der Waals surface area contributed by atoms with Crippen LogP contribution in [0.4, 0.5) is 0 Å². The molecular weight excluding hydrogens is 228 g/mol. The van der Waals surface area contributed by atoms with Gasteiger partial charge < -0.3 is 10.4 Å². The Kier molecular flexibility index (Phi) is 4.62. The largest absolute Gasteiger partial charge is 0.480 e. The molecule has 2 saturated carbocycles. The van der Waals surface area contributed by atoms with Gasteiger partial charge in [-0.25, -0.2) is 0 Å². The zero-order valence-corrected chi connectivity index (χ0v) is 11.6. The fraction of sp³-hybridized carbons (Fsp3) is 0.929. The minimum absolute atomic E-state index is 0.187. The van der Waals surface area contributed by atoms with Crippen LogP contribution < -0.4 is 5.32 Å². The third-order valence-corrected chi connectivity index (χ3v) is 4.73. The van der Waals surface area contributed by atoms with E-state index in [4.69, 9.17) is 5.11 Å². The third kappa shape index (κ3) is 3.23. The van der Waals surface area contributed by atoms with Crippen molar-refractivity contribution in [3.05, 3.63) is 0 Å². The highest BCUT2D eigenvalue weighted by atomic mass is 16.4. The molecule has 0 radical (unpaired) electrons. The van der Waals surface area contributed by atoms with Crippen molar-refractivity contribution in [3.8, 4) is 0 Å². The van der Waals surface area contributed by atoms with Crippen molar-refractivity contribution in [1.29, 1.82) is 0 Å². The van der Waals surface area contributed by atoms with E-state index < -0.39 is 5.97 Å². The van der Waals surface area contributed by atoms with Crippen molar-refractivity contribution in [2.45, 2.75) is 64.1 Å². The average Bonchev–Trinajstić information content (AvgIpc) is 2.17. The van der Waals surface area contributed by atoms with Crippen LogP contribution in [0.15, 0.2) is 0 Å². The van der Waals surface area contributed by atoms with Crippen molar-refractivity contribution in [1.82, 2.24) is 10.2 Å². The smallest absolute Gasteiger partial charge is 0.317 e. The Morgan fingerprint density at radius 3 is 2.56 bits per heavy atom. The van der Waals surface area contributed by atoms with Crippen molar-refractivity contribution >= 4 is 5.97 Å². The number of aliphatic carboxylic acids is 1. The molecule has 18 heavy (non-hydrogen) atoms. The Labute approximate surface area is 110 Å². The highest BCUT2D eigenvalue weighted by molar-refractivity contribution is 5.69. The summed E-state index contributed by atoms with van der Waals surface area (Å²) in [4.78, 5) is 12.8. The lowest BCUT2D eigenvalue weighted by Crippen LogP contribution is -2.56. The number of nitrogens with one attached hydrogen (secondary N) is 1. The van der Waals surface area contributed by atoms with E-state index in [1.54, 1.807) is 0 Å². The second-order valence-corrected chi connectivity index (χ2v) is 5.93. The van der Waals surface area contributed by atoms with E-state index in [9.17, 15) is 4.79 Å². The lowest BCUT2D eigenvalue weighted by Gasteiger charge is -2.45. The number of carboxylic acids is 1. The highest BCUT2D eigenvalue weighted by Crippen LogP contribution is 2.32. The van der Waals surface area contributed by atoms with Gasteiger partial charge in [-0.05, 0) is 45.1 Å². The van der Waals surface area contributed by atoms with Gasteiger partial charge in [0.1, 0.15) is 0 Å². The molecule has 2 fully saturated rings. The van der Waals surface area contributed by atoms with Crippen LogP contribution in [-0.2, 0) is 4.79 Å². The zero-order chi connectivity index (χ0) is 13.1. The van der Waals surface area contributed by atoms with Crippen molar-refractivity contribution < 1.29 is 9.90 Å². The molecule has 2 rings (SSSR count). The summed E-state index contributed by atoms with van der Waals surface area (Å²) in [5.74, 6) is 0.168. The van der Waals surface area contributed by atoms with Crippen LogP contribution in [0, 0.1) is 5.92 Å². The molecule has 1 unspecified atom stereocenters. The normalized spacial score (nSPS) is 29.7. The molecule has 2 N–H and O–H groups in total. The molecule has 0 aliphatic heterocycles. The third-order valence-electron chi connectivity index (χ3n) is 4.73. The van der Waals surface area contributed by atoms with Gasteiger partial charge in [-0.3, -0.25) is 9.69 Å². The van der Waals surface area contributed by atoms with E-state index >= 15 is 0 Å². The van der Waals surface area contributed by atoms with E-state index in [0.29, 0.717) is 18.1 Å². The summed E-state index contributed by atoms with van der Waals surface area (Å²) in [6.45, 7) is 5.36. The molecule has 0 bridgehead atoms. The molecule has 0 amide bonds. The Morgan fingerprint density at radius 1 is 1.44 bits per heavy atom. The highest BCUT2D eigenvalue weighted by Gasteiger charge is 2.35. The summed E-state index contributed by atoms with van der Waals surface area (Å²) in [6, 6.07) is 1.71. The Morgan fingerprint density at radius 2 is 2.11 bits per heavy atom. The van der Waals surface area contributed by atoms with Crippen LogP contribution in [-0.4, -0.2) is 47.2 Å². The maximum atomic E-state index is 10.8. The molecule has 4 nitrogen and oxygen atoms in total. The molecule has 4 heteroatoms. The summed E-state index contributed by atoms with van der Waals surface area (Å²) < 4.78 is 0. The number of rotatable bonds is 7. The van der Waals surface area contributed by atoms with Crippen LogP contribution in [0.25, 0.3) is 0 Å². The standard InChI is InChI=1S/C14H26N2O2/c1-3-16(9-14(17)18)13-7-12(8-13)15-10(2)11-5-4-6-11/h10-13,15H,3-9H2,1-2H3,(H,17,18). The van der Waals surface area contributed by atoms with E-state index in [2.05, 4.69) is 17.1 Å². The van der Waals surface area contributed by atoms with Crippen LogP contribution >= 0.6 is 0 Å². The number of carbonyl (C=O) groups is 1. The van der Waals surface area contributed by atoms with Crippen LogP contribution in [0.1, 0.15) is 46.0 Å². The van der Waals surface area contributed by atoms with Gasteiger partial charge in [-0.2, -0.15) is 0 Å². The molecular formula is C14H26N2O2. The Bertz CT molecular complexity index is 286. The summed E-state index contributed by atoms with van der Waals surface area (Å²) in [5, 5.41) is 12.6. The van der Waals surface area contributed by atoms with E-state index in [1.807, 2.05) is 6.92 Å². The Hall–Kier alpha value is -0.610. The van der Waals surface area contributed by atoms with E-state index in [-0.39, 0.29) is 6.54 Å². The van der Waals surface area contributed by atoms with Crippen LogP contribution in [0.3, 0.4) is 0 Å². The first-order valence-corrected chi connectivity index (χ1v) is 7.32. The predicted molar refractivity (Wildman–Crippen MR) is 71.6 cm³/mol. The Balaban J connectivity index is 1.67. The second-order valence-electron chi connectivity index (χ2n) is 5.93. The number of hydrogen-bond acceptors (Lipinski definition) is 3. The van der Waals surface area contributed by atoms with Crippen molar-refractivity contribution in [3.63, 3.8) is 0 Å². The number of hydrogen-bond donors (Lipinski definition) is 2. The first kappa shape index (κ1) is 13.8. The van der Waals surface area contributed by atoms with Gasteiger partial charge in [0.25, 0.3) is 0 Å². The van der Waals surface area contributed by atoms with Gasteiger partial charge in [-0.15, -0.1) is 0 Å². The second kappa shape index (κ2) is 6.02. The minimum Gasteiger partial charge on any atom is -0.480 e. The number of nitrogens with zero attached hydrogens (tertiary/aromatic N) is 1. The quantitative estimate of drug-likeness (QED) is 0.726. The molecule has 0 saturated heterocycles. The SMILES string of the molecule is CCN(CC(=O)O)C1CC(NC(C)C2CCC2)C1. The van der Waals surface area contributed by atoms with Gasteiger partial charge in [0.15, 0.2) is 0 Å².